The molecule has 5 heteroatoms. The molecule has 19 heavy (non-hydrogen) atoms. The Balaban J connectivity index is 2.04. The highest BCUT2D eigenvalue weighted by atomic mass is 79.9. The third-order valence-corrected chi connectivity index (χ3v) is 4.78. The summed E-state index contributed by atoms with van der Waals surface area (Å²) in [6.45, 7) is 2.53. The van der Waals surface area contributed by atoms with Crippen LogP contribution in [0.4, 0.5) is 5.69 Å². The quantitative estimate of drug-likeness (QED) is 0.890. The summed E-state index contributed by atoms with van der Waals surface area (Å²) < 4.78 is 1.04. The van der Waals surface area contributed by atoms with Crippen LogP contribution in [0.2, 0.25) is 0 Å². The predicted octanol–water partition coefficient (Wildman–Crippen LogP) is 3.79. The fourth-order valence-corrected chi connectivity index (χ4v) is 3.23. The molecule has 2 N–H and O–H groups in total. The zero-order chi connectivity index (χ0) is 13.8. The van der Waals surface area contributed by atoms with Crippen LogP contribution in [0, 0.1) is 6.92 Å². The number of hydrogen-bond donors (Lipinski definition) is 2. The number of anilines is 1. The fraction of sp³-hybridized carbons (Fsp3) is 0.214. The maximum Gasteiger partial charge on any atom is 0.251 e. The molecule has 0 aliphatic rings. The van der Waals surface area contributed by atoms with E-state index in [4.69, 9.17) is 0 Å². The second kappa shape index (κ2) is 6.21. The Morgan fingerprint density at radius 3 is 2.74 bits per heavy atom. The van der Waals surface area contributed by atoms with E-state index in [2.05, 4.69) is 26.6 Å². The van der Waals surface area contributed by atoms with Gasteiger partial charge in [0, 0.05) is 27.6 Å². The van der Waals surface area contributed by atoms with Crippen LogP contribution in [0.1, 0.15) is 20.8 Å². The second-order valence-corrected chi connectivity index (χ2v) is 6.01. The molecule has 3 nitrogen and oxygen atoms in total. The van der Waals surface area contributed by atoms with Crippen molar-refractivity contribution in [2.75, 3.05) is 12.4 Å². The summed E-state index contributed by atoms with van der Waals surface area (Å²) >= 11 is 5.08. The van der Waals surface area contributed by atoms with Gasteiger partial charge < -0.3 is 10.6 Å². The maximum absolute atomic E-state index is 12.1. The minimum atomic E-state index is -0.0500. The normalized spacial score (nSPS) is 10.3. The molecule has 0 aliphatic heterocycles. The van der Waals surface area contributed by atoms with Gasteiger partial charge >= 0.3 is 0 Å². The molecule has 0 bridgehead atoms. The van der Waals surface area contributed by atoms with E-state index in [1.54, 1.807) is 11.3 Å². The molecule has 0 radical (unpaired) electrons. The molecule has 2 aromatic rings. The Morgan fingerprint density at radius 1 is 1.37 bits per heavy atom. The van der Waals surface area contributed by atoms with Gasteiger partial charge in [0.1, 0.15) is 0 Å². The van der Waals surface area contributed by atoms with Crippen molar-refractivity contribution >= 4 is 38.9 Å². The monoisotopic (exact) mass is 338 g/mol. The first-order valence-corrected chi connectivity index (χ1v) is 7.57. The van der Waals surface area contributed by atoms with E-state index >= 15 is 0 Å². The van der Waals surface area contributed by atoms with E-state index in [-0.39, 0.29) is 5.91 Å². The van der Waals surface area contributed by atoms with Crippen molar-refractivity contribution in [1.29, 1.82) is 0 Å². The number of thiophene rings is 1. The molecule has 0 unspecified atom stereocenters. The van der Waals surface area contributed by atoms with Crippen molar-refractivity contribution in [3.05, 3.63) is 50.1 Å². The zero-order valence-electron chi connectivity index (χ0n) is 10.8. The van der Waals surface area contributed by atoms with Crippen LogP contribution in [0.3, 0.4) is 0 Å². The van der Waals surface area contributed by atoms with Crippen LogP contribution in [0.25, 0.3) is 0 Å². The summed E-state index contributed by atoms with van der Waals surface area (Å²) in [6.07, 6.45) is 0. The molecule has 0 fully saturated rings. The van der Waals surface area contributed by atoms with Crippen molar-refractivity contribution in [2.24, 2.45) is 0 Å². The first kappa shape index (κ1) is 14.1. The minimum Gasteiger partial charge on any atom is -0.388 e. The fourth-order valence-electron chi connectivity index (χ4n) is 1.80. The lowest BCUT2D eigenvalue weighted by atomic mass is 10.1. The van der Waals surface area contributed by atoms with E-state index in [1.807, 2.05) is 43.6 Å². The Hall–Kier alpha value is -1.33. The number of carbonyl (C=O) groups is 1. The summed E-state index contributed by atoms with van der Waals surface area (Å²) in [4.78, 5) is 13.2. The van der Waals surface area contributed by atoms with Crippen LogP contribution in [-0.4, -0.2) is 13.0 Å². The topological polar surface area (TPSA) is 41.1 Å². The lowest BCUT2D eigenvalue weighted by Gasteiger charge is -2.08. The van der Waals surface area contributed by atoms with Crippen molar-refractivity contribution in [3.63, 3.8) is 0 Å². The lowest BCUT2D eigenvalue weighted by molar-refractivity contribution is 0.0951. The molecule has 2 rings (SSSR count). The molecule has 0 aliphatic carbocycles. The third-order valence-electron chi connectivity index (χ3n) is 2.86. The molecule has 100 valence electrons. The van der Waals surface area contributed by atoms with Crippen LogP contribution in [0.5, 0.6) is 0 Å². The van der Waals surface area contributed by atoms with Gasteiger partial charge in [-0.25, -0.2) is 0 Å². The van der Waals surface area contributed by atoms with Gasteiger partial charge in [-0.15, -0.1) is 11.3 Å². The minimum absolute atomic E-state index is 0.0500. The SMILES string of the molecule is CNc1ccc(C(=O)NCc2sccc2Br)cc1C. The second-order valence-electron chi connectivity index (χ2n) is 4.15. The Labute approximate surface area is 125 Å². The van der Waals surface area contributed by atoms with Crippen LogP contribution < -0.4 is 10.6 Å². The highest BCUT2D eigenvalue weighted by molar-refractivity contribution is 9.10. The number of amides is 1. The average Bonchev–Trinajstić information content (AvgIpc) is 2.81. The van der Waals surface area contributed by atoms with E-state index in [1.165, 1.54) is 0 Å². The molecular formula is C14H15BrN2OS. The maximum atomic E-state index is 12.1. The summed E-state index contributed by atoms with van der Waals surface area (Å²) in [5.74, 6) is -0.0500. The van der Waals surface area contributed by atoms with Gasteiger partial charge in [0.2, 0.25) is 0 Å². The van der Waals surface area contributed by atoms with E-state index in [0.717, 1.165) is 20.6 Å². The number of halogens is 1. The summed E-state index contributed by atoms with van der Waals surface area (Å²) in [7, 11) is 1.87. The Morgan fingerprint density at radius 2 is 2.16 bits per heavy atom. The van der Waals surface area contributed by atoms with E-state index in [0.29, 0.717) is 12.1 Å². The largest absolute Gasteiger partial charge is 0.388 e. The average molecular weight is 339 g/mol. The molecular weight excluding hydrogens is 324 g/mol. The highest BCUT2D eigenvalue weighted by Crippen LogP contribution is 2.22. The van der Waals surface area contributed by atoms with Gasteiger partial charge in [-0.3, -0.25) is 4.79 Å². The predicted molar refractivity (Wildman–Crippen MR) is 83.9 cm³/mol. The van der Waals surface area contributed by atoms with Gasteiger partial charge in [0.25, 0.3) is 5.91 Å². The van der Waals surface area contributed by atoms with Crippen LogP contribution >= 0.6 is 27.3 Å². The van der Waals surface area contributed by atoms with Gasteiger partial charge in [-0.05, 0) is 58.1 Å². The Kier molecular flexibility index (Phi) is 4.61. The molecule has 1 heterocycles. The van der Waals surface area contributed by atoms with Crippen molar-refractivity contribution in [3.8, 4) is 0 Å². The number of nitrogens with one attached hydrogen (secondary N) is 2. The molecule has 1 aromatic heterocycles. The van der Waals surface area contributed by atoms with Gasteiger partial charge in [0.15, 0.2) is 0 Å². The lowest BCUT2D eigenvalue weighted by Crippen LogP contribution is -2.22. The van der Waals surface area contributed by atoms with Crippen molar-refractivity contribution in [1.82, 2.24) is 5.32 Å². The number of benzene rings is 1. The molecule has 1 aromatic carbocycles. The van der Waals surface area contributed by atoms with Crippen molar-refractivity contribution in [2.45, 2.75) is 13.5 Å². The first-order valence-electron chi connectivity index (χ1n) is 5.90. The Bertz CT molecular complexity index is 595. The first-order chi connectivity index (χ1) is 9.11. The molecule has 1 amide bonds. The standard InChI is InChI=1S/C14H15BrN2OS/c1-9-7-10(3-4-12(9)16-2)14(18)17-8-13-11(15)5-6-19-13/h3-7,16H,8H2,1-2H3,(H,17,18). The number of hydrogen-bond acceptors (Lipinski definition) is 3. The van der Waals surface area contributed by atoms with Crippen LogP contribution in [-0.2, 0) is 6.54 Å². The van der Waals surface area contributed by atoms with E-state index in [9.17, 15) is 4.79 Å². The van der Waals surface area contributed by atoms with Crippen LogP contribution in [0.15, 0.2) is 34.1 Å². The molecule has 0 saturated carbocycles. The smallest absolute Gasteiger partial charge is 0.251 e. The molecule has 0 spiro atoms. The van der Waals surface area contributed by atoms with Crippen molar-refractivity contribution < 1.29 is 4.79 Å². The molecule has 0 saturated heterocycles. The zero-order valence-corrected chi connectivity index (χ0v) is 13.2. The van der Waals surface area contributed by atoms with Gasteiger partial charge in [-0.2, -0.15) is 0 Å². The number of aryl methyl sites for hydroxylation is 1. The summed E-state index contributed by atoms with van der Waals surface area (Å²) in [5.41, 5.74) is 2.79. The van der Waals surface area contributed by atoms with E-state index < -0.39 is 0 Å². The highest BCUT2D eigenvalue weighted by Gasteiger charge is 2.08. The van der Waals surface area contributed by atoms with Gasteiger partial charge in [-0.1, -0.05) is 0 Å². The number of carbonyl (C=O) groups excluding carboxylic acids is 1. The summed E-state index contributed by atoms with van der Waals surface area (Å²) in [6, 6.07) is 7.63. The molecule has 0 atom stereocenters. The summed E-state index contributed by atoms with van der Waals surface area (Å²) in [5, 5.41) is 8.01. The number of rotatable bonds is 4. The van der Waals surface area contributed by atoms with Gasteiger partial charge in [0.05, 0.1) is 6.54 Å². The third kappa shape index (κ3) is 3.36.